The number of anilines is 1. The summed E-state index contributed by atoms with van der Waals surface area (Å²) in [5, 5.41) is 5.49. The van der Waals surface area contributed by atoms with Crippen LogP contribution in [0.5, 0.6) is 0 Å². The number of carbonyl (C=O) groups is 1. The predicted octanol–water partition coefficient (Wildman–Crippen LogP) is 3.02. The van der Waals surface area contributed by atoms with E-state index >= 15 is 0 Å². The smallest absolute Gasteiger partial charge is 0.319 e. The molecule has 0 radical (unpaired) electrons. The fourth-order valence-electron chi connectivity index (χ4n) is 2.57. The van der Waals surface area contributed by atoms with Gasteiger partial charge < -0.3 is 15.5 Å². The lowest BCUT2D eigenvalue weighted by molar-refractivity contribution is 0.231. The largest absolute Gasteiger partial charge is 0.334 e. The lowest BCUT2D eigenvalue weighted by atomic mass is 10.1. The van der Waals surface area contributed by atoms with Gasteiger partial charge >= 0.3 is 6.03 Å². The van der Waals surface area contributed by atoms with E-state index in [-0.39, 0.29) is 6.03 Å². The fourth-order valence-corrected chi connectivity index (χ4v) is 2.57. The van der Waals surface area contributed by atoms with Crippen LogP contribution in [0, 0.1) is 0 Å². The van der Waals surface area contributed by atoms with E-state index in [2.05, 4.69) is 34.2 Å². The molecular formula is C17H25N3O. The highest BCUT2D eigenvalue weighted by Crippen LogP contribution is 2.12. The van der Waals surface area contributed by atoms with Crippen molar-refractivity contribution >= 4 is 11.7 Å². The minimum absolute atomic E-state index is 0.198. The first kappa shape index (κ1) is 15.6. The Balaban J connectivity index is 1.75. The summed E-state index contributed by atoms with van der Waals surface area (Å²) in [6.45, 7) is 7.65. The molecule has 2 amide bonds. The standard InChI is InChI=1S/C17H25N3O/c1-2-11-18-17(21)19-16-8-6-15(7-9-16)10-14-20-12-4-3-5-13-20/h2,6-9H,1,3-5,10-14H2,(H2,18,19,21). The van der Waals surface area contributed by atoms with Crippen LogP contribution in [-0.2, 0) is 6.42 Å². The Morgan fingerprint density at radius 1 is 1.19 bits per heavy atom. The van der Waals surface area contributed by atoms with Gasteiger partial charge in [0, 0.05) is 18.8 Å². The number of hydrogen-bond acceptors (Lipinski definition) is 2. The molecule has 2 N–H and O–H groups in total. The van der Waals surface area contributed by atoms with Gasteiger partial charge in [0.2, 0.25) is 0 Å². The van der Waals surface area contributed by atoms with Crippen LogP contribution >= 0.6 is 0 Å². The van der Waals surface area contributed by atoms with Crippen LogP contribution in [0.4, 0.5) is 10.5 Å². The van der Waals surface area contributed by atoms with Crippen LogP contribution in [0.25, 0.3) is 0 Å². The number of nitrogens with one attached hydrogen (secondary N) is 2. The molecule has 0 aromatic heterocycles. The van der Waals surface area contributed by atoms with Crippen LogP contribution in [0.3, 0.4) is 0 Å². The molecule has 0 aliphatic carbocycles. The van der Waals surface area contributed by atoms with Crippen LogP contribution in [0.15, 0.2) is 36.9 Å². The minimum atomic E-state index is -0.198. The second-order valence-corrected chi connectivity index (χ2v) is 5.47. The van der Waals surface area contributed by atoms with Gasteiger partial charge in [0.15, 0.2) is 0 Å². The monoisotopic (exact) mass is 287 g/mol. The molecule has 1 aromatic carbocycles. The Morgan fingerprint density at radius 2 is 1.90 bits per heavy atom. The van der Waals surface area contributed by atoms with Crippen molar-refractivity contribution in [2.24, 2.45) is 0 Å². The summed E-state index contributed by atoms with van der Waals surface area (Å²) in [7, 11) is 0. The Hall–Kier alpha value is -1.81. The Morgan fingerprint density at radius 3 is 2.57 bits per heavy atom. The number of likely N-dealkylation sites (tertiary alicyclic amines) is 1. The first-order chi connectivity index (χ1) is 10.3. The lowest BCUT2D eigenvalue weighted by Gasteiger charge is -2.26. The van der Waals surface area contributed by atoms with Gasteiger partial charge in [-0.2, -0.15) is 0 Å². The number of rotatable bonds is 6. The molecule has 21 heavy (non-hydrogen) atoms. The van der Waals surface area contributed by atoms with Crippen molar-refractivity contribution in [3.63, 3.8) is 0 Å². The molecule has 0 spiro atoms. The highest BCUT2D eigenvalue weighted by molar-refractivity contribution is 5.89. The number of benzene rings is 1. The third kappa shape index (κ3) is 5.60. The van der Waals surface area contributed by atoms with E-state index < -0.39 is 0 Å². The van der Waals surface area contributed by atoms with Gasteiger partial charge in [-0.1, -0.05) is 24.6 Å². The molecule has 1 aliphatic rings. The topological polar surface area (TPSA) is 44.4 Å². The lowest BCUT2D eigenvalue weighted by Crippen LogP contribution is -2.31. The molecule has 1 aliphatic heterocycles. The van der Waals surface area contributed by atoms with E-state index in [0.29, 0.717) is 6.54 Å². The molecule has 4 heteroatoms. The van der Waals surface area contributed by atoms with Crippen molar-refractivity contribution in [1.82, 2.24) is 10.2 Å². The Kier molecular flexibility index (Phi) is 6.28. The van der Waals surface area contributed by atoms with Crippen LogP contribution in [0.1, 0.15) is 24.8 Å². The second kappa shape index (κ2) is 8.47. The molecule has 1 fully saturated rings. The first-order valence-corrected chi connectivity index (χ1v) is 7.75. The Bertz CT molecular complexity index is 450. The van der Waals surface area contributed by atoms with Gasteiger partial charge in [-0.3, -0.25) is 0 Å². The third-order valence-corrected chi connectivity index (χ3v) is 3.78. The Labute approximate surface area is 127 Å². The second-order valence-electron chi connectivity index (χ2n) is 5.47. The maximum Gasteiger partial charge on any atom is 0.319 e. The number of nitrogens with zero attached hydrogens (tertiary/aromatic N) is 1. The van der Waals surface area contributed by atoms with Crippen molar-refractivity contribution in [3.8, 4) is 0 Å². The zero-order valence-corrected chi connectivity index (χ0v) is 12.6. The first-order valence-electron chi connectivity index (χ1n) is 7.75. The molecule has 114 valence electrons. The van der Waals surface area contributed by atoms with E-state index in [4.69, 9.17) is 0 Å². The zero-order valence-electron chi connectivity index (χ0n) is 12.6. The van der Waals surface area contributed by atoms with Gasteiger partial charge in [-0.25, -0.2) is 4.79 Å². The summed E-state index contributed by atoms with van der Waals surface area (Å²) < 4.78 is 0. The molecular weight excluding hydrogens is 262 g/mol. The molecule has 0 bridgehead atoms. The van der Waals surface area contributed by atoms with Crippen LogP contribution < -0.4 is 10.6 Å². The average molecular weight is 287 g/mol. The van der Waals surface area contributed by atoms with Gasteiger partial charge in [0.05, 0.1) is 0 Å². The van der Waals surface area contributed by atoms with E-state index in [9.17, 15) is 4.79 Å². The molecule has 0 atom stereocenters. The summed E-state index contributed by atoms with van der Waals surface area (Å²) in [5.74, 6) is 0. The fraction of sp³-hybridized carbons (Fsp3) is 0.471. The van der Waals surface area contributed by atoms with Gasteiger partial charge in [-0.05, 0) is 50.0 Å². The summed E-state index contributed by atoms with van der Waals surface area (Å²) in [5.41, 5.74) is 2.14. The van der Waals surface area contributed by atoms with E-state index in [0.717, 1.165) is 18.7 Å². The molecule has 1 aromatic rings. The maximum atomic E-state index is 11.5. The minimum Gasteiger partial charge on any atom is -0.334 e. The van der Waals surface area contributed by atoms with Crippen molar-refractivity contribution < 1.29 is 4.79 Å². The third-order valence-electron chi connectivity index (χ3n) is 3.78. The molecule has 2 rings (SSSR count). The van der Waals surface area contributed by atoms with Gasteiger partial charge in [0.25, 0.3) is 0 Å². The number of piperidine rings is 1. The van der Waals surface area contributed by atoms with Crippen molar-refractivity contribution in [3.05, 3.63) is 42.5 Å². The molecule has 4 nitrogen and oxygen atoms in total. The number of hydrogen-bond donors (Lipinski definition) is 2. The average Bonchev–Trinajstić information content (AvgIpc) is 2.53. The van der Waals surface area contributed by atoms with Gasteiger partial charge in [0.1, 0.15) is 0 Å². The quantitative estimate of drug-likeness (QED) is 0.790. The summed E-state index contributed by atoms with van der Waals surface area (Å²) >= 11 is 0. The molecule has 1 heterocycles. The number of amides is 2. The highest BCUT2D eigenvalue weighted by Gasteiger charge is 2.09. The normalized spacial score (nSPS) is 15.4. The van der Waals surface area contributed by atoms with Gasteiger partial charge in [-0.15, -0.1) is 6.58 Å². The van der Waals surface area contributed by atoms with Crippen molar-refractivity contribution in [2.45, 2.75) is 25.7 Å². The number of urea groups is 1. The summed E-state index contributed by atoms with van der Waals surface area (Å²) in [6, 6.07) is 7.90. The molecule has 1 saturated heterocycles. The van der Waals surface area contributed by atoms with Crippen molar-refractivity contribution in [2.75, 3.05) is 31.5 Å². The van der Waals surface area contributed by atoms with Crippen molar-refractivity contribution in [1.29, 1.82) is 0 Å². The van der Waals surface area contributed by atoms with E-state index in [1.165, 1.54) is 37.9 Å². The maximum absolute atomic E-state index is 11.5. The summed E-state index contributed by atoms with van der Waals surface area (Å²) in [6.07, 6.45) is 6.78. The molecule has 0 saturated carbocycles. The zero-order chi connectivity index (χ0) is 14.9. The molecule has 0 unspecified atom stereocenters. The van der Waals surface area contributed by atoms with E-state index in [1.807, 2.05) is 12.1 Å². The van der Waals surface area contributed by atoms with Crippen LogP contribution in [-0.4, -0.2) is 37.1 Å². The SMILES string of the molecule is C=CCNC(=O)Nc1ccc(CCN2CCCCC2)cc1. The van der Waals surface area contributed by atoms with E-state index in [1.54, 1.807) is 6.08 Å². The number of carbonyl (C=O) groups excluding carboxylic acids is 1. The summed E-state index contributed by atoms with van der Waals surface area (Å²) in [4.78, 5) is 14.1. The highest BCUT2D eigenvalue weighted by atomic mass is 16.2. The predicted molar refractivity (Wildman–Crippen MR) is 87.7 cm³/mol. The van der Waals surface area contributed by atoms with Crippen LogP contribution in [0.2, 0.25) is 0 Å².